The summed E-state index contributed by atoms with van der Waals surface area (Å²) in [5, 5.41) is 8.69. The molecule has 1 fully saturated rings. The number of carboxylic acids is 1. The van der Waals surface area contributed by atoms with Gasteiger partial charge in [0.05, 0.1) is 13.2 Å². The Hall–Kier alpha value is -1.69. The Morgan fingerprint density at radius 1 is 1.44 bits per heavy atom. The molecule has 18 heavy (non-hydrogen) atoms. The van der Waals surface area contributed by atoms with E-state index in [1.54, 1.807) is 4.90 Å². The minimum Gasteiger partial charge on any atom is -0.477 e. The van der Waals surface area contributed by atoms with E-state index in [1.807, 2.05) is 6.92 Å². The van der Waals surface area contributed by atoms with E-state index in [9.17, 15) is 13.6 Å². The van der Waals surface area contributed by atoms with Crippen LogP contribution in [0.5, 0.6) is 0 Å². The van der Waals surface area contributed by atoms with Crippen LogP contribution in [-0.2, 0) is 4.74 Å². The summed E-state index contributed by atoms with van der Waals surface area (Å²) < 4.78 is 32.4. The van der Waals surface area contributed by atoms with Gasteiger partial charge in [-0.1, -0.05) is 0 Å². The van der Waals surface area contributed by atoms with Crippen molar-refractivity contribution in [3.8, 4) is 0 Å². The van der Waals surface area contributed by atoms with E-state index in [1.165, 1.54) is 0 Å². The zero-order valence-electron chi connectivity index (χ0n) is 9.82. The Balaban J connectivity index is 2.38. The van der Waals surface area contributed by atoms with E-state index >= 15 is 0 Å². The zero-order chi connectivity index (χ0) is 13.3. The highest BCUT2D eigenvalue weighted by Gasteiger charge is 2.23. The number of nitrogens with zero attached hydrogens (tertiary/aromatic N) is 1. The van der Waals surface area contributed by atoms with Gasteiger partial charge in [-0.3, -0.25) is 0 Å². The number of benzene rings is 1. The van der Waals surface area contributed by atoms with E-state index in [0.717, 1.165) is 12.1 Å². The monoisotopic (exact) mass is 257 g/mol. The van der Waals surface area contributed by atoms with Gasteiger partial charge in [-0.25, -0.2) is 13.6 Å². The third-order valence-electron chi connectivity index (χ3n) is 2.94. The van der Waals surface area contributed by atoms with Crippen molar-refractivity contribution in [1.29, 1.82) is 0 Å². The molecule has 1 heterocycles. The lowest BCUT2D eigenvalue weighted by Gasteiger charge is -2.35. The Morgan fingerprint density at radius 2 is 2.06 bits per heavy atom. The summed E-state index contributed by atoms with van der Waals surface area (Å²) in [7, 11) is 0. The molecule has 1 saturated heterocycles. The predicted molar refractivity (Wildman–Crippen MR) is 60.9 cm³/mol. The van der Waals surface area contributed by atoms with Crippen molar-refractivity contribution in [3.05, 3.63) is 29.3 Å². The van der Waals surface area contributed by atoms with E-state index in [0.29, 0.717) is 25.4 Å². The molecule has 0 amide bonds. The largest absolute Gasteiger partial charge is 0.477 e. The van der Waals surface area contributed by atoms with Gasteiger partial charge >= 0.3 is 5.97 Å². The lowest BCUT2D eigenvalue weighted by atomic mass is 10.1. The van der Waals surface area contributed by atoms with Crippen molar-refractivity contribution in [2.75, 3.05) is 24.7 Å². The number of rotatable bonds is 2. The van der Waals surface area contributed by atoms with Gasteiger partial charge in [0.1, 0.15) is 17.2 Å². The topological polar surface area (TPSA) is 49.8 Å². The maximum atomic E-state index is 13.6. The fourth-order valence-corrected chi connectivity index (χ4v) is 2.04. The first-order chi connectivity index (χ1) is 8.50. The Morgan fingerprint density at radius 3 is 2.56 bits per heavy atom. The molecule has 0 aliphatic carbocycles. The number of aromatic carboxylic acids is 1. The molecule has 0 radical (unpaired) electrons. The third kappa shape index (κ3) is 2.28. The summed E-state index contributed by atoms with van der Waals surface area (Å²) in [4.78, 5) is 12.5. The second-order valence-corrected chi connectivity index (χ2v) is 4.21. The number of ether oxygens (including phenoxy) is 1. The normalized spacial score (nSPS) is 19.9. The van der Waals surface area contributed by atoms with Crippen molar-refractivity contribution in [2.45, 2.75) is 13.0 Å². The molecule has 0 spiro atoms. The summed E-state index contributed by atoms with van der Waals surface area (Å²) in [6.07, 6.45) is 0. The first-order valence-electron chi connectivity index (χ1n) is 5.57. The number of anilines is 1. The summed E-state index contributed by atoms with van der Waals surface area (Å²) in [5.74, 6) is -3.72. The zero-order valence-corrected chi connectivity index (χ0v) is 9.82. The number of halogens is 2. The molecule has 0 unspecified atom stereocenters. The molecule has 2 rings (SSSR count). The molecule has 1 aliphatic heterocycles. The molecule has 0 saturated carbocycles. The van der Waals surface area contributed by atoms with Crippen LogP contribution in [0, 0.1) is 11.6 Å². The second kappa shape index (κ2) is 4.89. The van der Waals surface area contributed by atoms with Crippen molar-refractivity contribution >= 4 is 11.7 Å². The molecule has 6 heteroatoms. The van der Waals surface area contributed by atoms with Crippen molar-refractivity contribution in [2.24, 2.45) is 0 Å². The van der Waals surface area contributed by atoms with Crippen LogP contribution in [0.2, 0.25) is 0 Å². The van der Waals surface area contributed by atoms with Crippen LogP contribution >= 0.6 is 0 Å². The van der Waals surface area contributed by atoms with Gasteiger partial charge in [-0.15, -0.1) is 0 Å². The molecule has 1 aliphatic rings. The Kier molecular flexibility index (Phi) is 3.47. The molecule has 0 aromatic heterocycles. The fourth-order valence-electron chi connectivity index (χ4n) is 2.04. The molecule has 98 valence electrons. The fraction of sp³-hybridized carbons (Fsp3) is 0.417. The number of hydrogen-bond acceptors (Lipinski definition) is 3. The summed E-state index contributed by atoms with van der Waals surface area (Å²) in [6.45, 7) is 3.35. The molecule has 4 nitrogen and oxygen atoms in total. The van der Waals surface area contributed by atoms with Crippen LogP contribution in [-0.4, -0.2) is 36.9 Å². The molecule has 1 N–H and O–H groups in total. The number of carbonyl (C=O) groups is 1. The SMILES string of the molecule is C[C@H]1COCCN1c1cc(F)c(C(=O)O)c(F)c1. The lowest BCUT2D eigenvalue weighted by Crippen LogP contribution is -2.43. The van der Waals surface area contributed by atoms with E-state index < -0.39 is 23.2 Å². The molecule has 0 bridgehead atoms. The molecule has 1 atom stereocenters. The Bertz CT molecular complexity index is 455. The highest BCUT2D eigenvalue weighted by atomic mass is 19.1. The van der Waals surface area contributed by atoms with Crippen LogP contribution in [0.3, 0.4) is 0 Å². The number of carboxylic acid groups (broad SMARTS) is 1. The average molecular weight is 257 g/mol. The van der Waals surface area contributed by atoms with Gasteiger partial charge in [0.2, 0.25) is 0 Å². The molecule has 1 aromatic rings. The lowest BCUT2D eigenvalue weighted by molar-refractivity contribution is 0.0686. The first kappa shape index (κ1) is 12.8. The van der Waals surface area contributed by atoms with E-state index in [2.05, 4.69) is 0 Å². The quantitative estimate of drug-likeness (QED) is 0.879. The summed E-state index contributed by atoms with van der Waals surface area (Å²) in [6, 6.07) is 2.09. The van der Waals surface area contributed by atoms with Crippen LogP contribution in [0.15, 0.2) is 12.1 Å². The van der Waals surface area contributed by atoms with Gasteiger partial charge in [0, 0.05) is 18.3 Å². The van der Waals surface area contributed by atoms with E-state index in [4.69, 9.17) is 9.84 Å². The van der Waals surface area contributed by atoms with Crippen molar-refractivity contribution in [3.63, 3.8) is 0 Å². The van der Waals surface area contributed by atoms with Gasteiger partial charge in [0.25, 0.3) is 0 Å². The van der Waals surface area contributed by atoms with Gasteiger partial charge in [-0.05, 0) is 19.1 Å². The van der Waals surface area contributed by atoms with Gasteiger partial charge in [0.15, 0.2) is 0 Å². The molecule has 1 aromatic carbocycles. The highest BCUT2D eigenvalue weighted by molar-refractivity contribution is 5.88. The third-order valence-corrected chi connectivity index (χ3v) is 2.94. The molecular weight excluding hydrogens is 244 g/mol. The number of morpholine rings is 1. The highest BCUT2D eigenvalue weighted by Crippen LogP contribution is 2.25. The summed E-state index contributed by atoms with van der Waals surface area (Å²) in [5.41, 5.74) is -0.578. The van der Waals surface area contributed by atoms with Gasteiger partial charge in [-0.2, -0.15) is 0 Å². The predicted octanol–water partition coefficient (Wildman–Crippen LogP) is 1.89. The van der Waals surface area contributed by atoms with Crippen LogP contribution in [0.1, 0.15) is 17.3 Å². The van der Waals surface area contributed by atoms with Crippen LogP contribution in [0.25, 0.3) is 0 Å². The first-order valence-corrected chi connectivity index (χ1v) is 5.57. The minimum atomic E-state index is -1.61. The maximum Gasteiger partial charge on any atom is 0.341 e. The summed E-state index contributed by atoms with van der Waals surface area (Å²) >= 11 is 0. The van der Waals surface area contributed by atoms with Gasteiger partial charge < -0.3 is 14.7 Å². The average Bonchev–Trinajstić information content (AvgIpc) is 2.27. The van der Waals surface area contributed by atoms with Crippen molar-refractivity contribution < 1.29 is 23.4 Å². The number of hydrogen-bond donors (Lipinski definition) is 1. The standard InChI is InChI=1S/C12H13F2NO3/c1-7-6-18-3-2-15(7)8-4-9(13)11(12(16)17)10(14)5-8/h4-5,7H,2-3,6H2,1H3,(H,16,17)/t7-/m0/s1. The Labute approximate surface area is 103 Å². The van der Waals surface area contributed by atoms with Crippen LogP contribution in [0.4, 0.5) is 14.5 Å². The van der Waals surface area contributed by atoms with Crippen molar-refractivity contribution in [1.82, 2.24) is 0 Å². The maximum absolute atomic E-state index is 13.6. The van der Waals surface area contributed by atoms with Crippen LogP contribution < -0.4 is 4.90 Å². The second-order valence-electron chi connectivity index (χ2n) is 4.21. The smallest absolute Gasteiger partial charge is 0.341 e. The molecular formula is C12H13F2NO3. The minimum absolute atomic E-state index is 0.00627. The van der Waals surface area contributed by atoms with E-state index in [-0.39, 0.29) is 6.04 Å².